The van der Waals surface area contributed by atoms with Gasteiger partial charge in [-0.25, -0.2) is 0 Å². The van der Waals surface area contributed by atoms with Crippen molar-refractivity contribution in [1.29, 1.82) is 0 Å². The van der Waals surface area contributed by atoms with Gasteiger partial charge in [0.15, 0.2) is 5.75 Å². The molecule has 0 saturated carbocycles. The lowest BCUT2D eigenvalue weighted by molar-refractivity contribution is 0.0760. The molecule has 0 radical (unpaired) electrons. The average Bonchev–Trinajstić information content (AvgIpc) is 2.98. The van der Waals surface area contributed by atoms with Gasteiger partial charge in [0.2, 0.25) is 0 Å². The van der Waals surface area contributed by atoms with E-state index in [4.69, 9.17) is 4.74 Å². The van der Waals surface area contributed by atoms with Crippen molar-refractivity contribution >= 4 is 33.2 Å². The molecule has 2 saturated heterocycles. The van der Waals surface area contributed by atoms with Crippen LogP contribution in [0, 0.1) is 18.8 Å². The third kappa shape index (κ3) is 2.85. The number of hydrogen-bond donors (Lipinski definition) is 1. The molecule has 0 aromatic carbocycles. The van der Waals surface area contributed by atoms with Crippen molar-refractivity contribution in [1.82, 2.24) is 10.2 Å². The van der Waals surface area contributed by atoms with Gasteiger partial charge in [-0.15, -0.1) is 11.3 Å². The van der Waals surface area contributed by atoms with Gasteiger partial charge < -0.3 is 15.0 Å². The Hall–Kier alpha value is -0.590. The van der Waals surface area contributed by atoms with Gasteiger partial charge >= 0.3 is 0 Å². The summed E-state index contributed by atoms with van der Waals surface area (Å²) in [5, 5.41) is 3.47. The highest BCUT2D eigenvalue weighted by Crippen LogP contribution is 2.40. The summed E-state index contributed by atoms with van der Waals surface area (Å²) in [5.41, 5.74) is 0. The van der Waals surface area contributed by atoms with Crippen LogP contribution >= 0.6 is 27.3 Å². The molecule has 0 bridgehead atoms. The zero-order valence-electron chi connectivity index (χ0n) is 12.4. The molecule has 0 aliphatic carbocycles. The number of nitrogens with zero attached hydrogens (tertiary/aromatic N) is 1. The van der Waals surface area contributed by atoms with Crippen LogP contribution in [0.15, 0.2) is 4.47 Å². The van der Waals surface area contributed by atoms with Gasteiger partial charge in [0, 0.05) is 18.0 Å². The van der Waals surface area contributed by atoms with Crippen molar-refractivity contribution in [3.05, 3.63) is 14.2 Å². The molecule has 1 aromatic heterocycles. The number of methoxy groups -OCH3 is 1. The quantitative estimate of drug-likeness (QED) is 0.867. The number of hydrogen-bond acceptors (Lipinski definition) is 4. The van der Waals surface area contributed by atoms with E-state index >= 15 is 0 Å². The van der Waals surface area contributed by atoms with Gasteiger partial charge in [-0.05, 0) is 60.6 Å². The molecule has 1 N–H and O–H groups in total. The van der Waals surface area contributed by atoms with Gasteiger partial charge in [0.1, 0.15) is 4.88 Å². The van der Waals surface area contributed by atoms with E-state index in [1.54, 1.807) is 7.11 Å². The number of ether oxygens (including phenoxy) is 1. The first-order valence-electron chi connectivity index (χ1n) is 7.44. The number of carbonyl (C=O) groups is 1. The predicted octanol–water partition coefficient (Wildman–Crippen LogP) is 2.90. The van der Waals surface area contributed by atoms with E-state index in [9.17, 15) is 4.79 Å². The normalized spacial score (nSPS) is 25.6. The van der Waals surface area contributed by atoms with Crippen LogP contribution < -0.4 is 10.1 Å². The second kappa shape index (κ2) is 6.26. The number of likely N-dealkylation sites (tertiary alicyclic amines) is 1. The number of halogens is 1. The highest BCUT2D eigenvalue weighted by atomic mass is 79.9. The summed E-state index contributed by atoms with van der Waals surface area (Å²) in [6.07, 6.45) is 2.22. The van der Waals surface area contributed by atoms with Crippen LogP contribution in [0.3, 0.4) is 0 Å². The van der Waals surface area contributed by atoms with E-state index in [1.807, 2.05) is 11.8 Å². The Morgan fingerprint density at radius 1 is 1.33 bits per heavy atom. The Morgan fingerprint density at radius 2 is 1.95 bits per heavy atom. The number of thiophene rings is 1. The minimum Gasteiger partial charge on any atom is -0.494 e. The van der Waals surface area contributed by atoms with Crippen LogP contribution in [0.1, 0.15) is 27.4 Å². The molecule has 0 unspecified atom stereocenters. The first kappa shape index (κ1) is 15.3. The number of aryl methyl sites for hydroxylation is 1. The first-order chi connectivity index (χ1) is 10.1. The van der Waals surface area contributed by atoms with Crippen LogP contribution in [0.4, 0.5) is 0 Å². The van der Waals surface area contributed by atoms with E-state index < -0.39 is 0 Å². The van der Waals surface area contributed by atoms with Crippen LogP contribution in [-0.2, 0) is 0 Å². The van der Waals surface area contributed by atoms with Crippen LogP contribution in [-0.4, -0.2) is 44.1 Å². The molecule has 4 nitrogen and oxygen atoms in total. The molecule has 3 rings (SSSR count). The molecule has 6 heteroatoms. The standard InChI is InChI=1S/C15H21BrN2O2S/c1-9-12(16)13(20-2)14(21-9)15(19)18-5-3-10-7-17-8-11(10)4-6-18/h10-11,17H,3-8H2,1-2H3/t10-,11+. The summed E-state index contributed by atoms with van der Waals surface area (Å²) in [4.78, 5) is 16.7. The van der Waals surface area contributed by atoms with E-state index in [0.29, 0.717) is 5.75 Å². The fraction of sp³-hybridized carbons (Fsp3) is 0.667. The molecule has 21 heavy (non-hydrogen) atoms. The minimum absolute atomic E-state index is 0.124. The molecule has 0 spiro atoms. The van der Waals surface area contributed by atoms with Crippen LogP contribution in [0.5, 0.6) is 5.75 Å². The fourth-order valence-electron chi connectivity index (χ4n) is 3.39. The molecular formula is C15H21BrN2O2S. The lowest BCUT2D eigenvalue weighted by Gasteiger charge is -2.20. The van der Waals surface area contributed by atoms with Crippen molar-refractivity contribution in [3.8, 4) is 5.75 Å². The summed E-state index contributed by atoms with van der Waals surface area (Å²) >= 11 is 5.03. The lowest BCUT2D eigenvalue weighted by atomic mass is 9.92. The van der Waals surface area contributed by atoms with Gasteiger partial charge in [0.05, 0.1) is 11.6 Å². The van der Waals surface area contributed by atoms with Crippen molar-refractivity contribution in [2.24, 2.45) is 11.8 Å². The lowest BCUT2D eigenvalue weighted by Crippen LogP contribution is -2.32. The molecule has 2 aliphatic rings. The van der Waals surface area contributed by atoms with E-state index in [2.05, 4.69) is 21.2 Å². The smallest absolute Gasteiger partial charge is 0.267 e. The van der Waals surface area contributed by atoms with Crippen molar-refractivity contribution < 1.29 is 9.53 Å². The van der Waals surface area contributed by atoms with E-state index in [0.717, 1.165) is 65.1 Å². The fourth-order valence-corrected chi connectivity index (χ4v) is 5.11. The summed E-state index contributed by atoms with van der Waals surface area (Å²) in [6, 6.07) is 0. The Kier molecular flexibility index (Phi) is 4.57. The predicted molar refractivity (Wildman–Crippen MR) is 88.3 cm³/mol. The topological polar surface area (TPSA) is 41.6 Å². The second-order valence-electron chi connectivity index (χ2n) is 5.88. The summed E-state index contributed by atoms with van der Waals surface area (Å²) in [5.74, 6) is 2.29. The molecule has 2 fully saturated rings. The monoisotopic (exact) mass is 372 g/mol. The first-order valence-corrected chi connectivity index (χ1v) is 9.05. The molecule has 116 valence electrons. The Labute approximate surface area is 138 Å². The van der Waals surface area contributed by atoms with Gasteiger partial charge in [-0.1, -0.05) is 0 Å². The summed E-state index contributed by atoms with van der Waals surface area (Å²) in [7, 11) is 1.63. The largest absolute Gasteiger partial charge is 0.494 e. The summed E-state index contributed by atoms with van der Waals surface area (Å²) < 4.78 is 6.33. The number of carbonyl (C=O) groups excluding carboxylic acids is 1. The van der Waals surface area contributed by atoms with Crippen molar-refractivity contribution in [3.63, 3.8) is 0 Å². The van der Waals surface area contributed by atoms with Gasteiger partial charge in [0.25, 0.3) is 5.91 Å². The summed E-state index contributed by atoms with van der Waals surface area (Å²) in [6.45, 7) is 5.95. The zero-order chi connectivity index (χ0) is 15.0. The molecule has 1 aromatic rings. The van der Waals surface area contributed by atoms with Gasteiger partial charge in [-0.3, -0.25) is 4.79 Å². The second-order valence-corrected chi connectivity index (χ2v) is 7.90. The Bertz CT molecular complexity index is 532. The minimum atomic E-state index is 0.124. The number of nitrogens with one attached hydrogen (secondary N) is 1. The van der Waals surface area contributed by atoms with Crippen molar-refractivity contribution in [2.45, 2.75) is 19.8 Å². The molecule has 2 atom stereocenters. The molecule has 2 aliphatic heterocycles. The number of fused-ring (bicyclic) bond motifs is 1. The van der Waals surface area contributed by atoms with Crippen LogP contribution in [0.25, 0.3) is 0 Å². The highest BCUT2D eigenvalue weighted by Gasteiger charge is 2.33. The molecule has 3 heterocycles. The maximum Gasteiger partial charge on any atom is 0.267 e. The Morgan fingerprint density at radius 3 is 2.52 bits per heavy atom. The van der Waals surface area contributed by atoms with E-state index in [-0.39, 0.29) is 5.91 Å². The average molecular weight is 373 g/mol. The third-order valence-corrected chi connectivity index (χ3v) is 6.97. The molecule has 1 amide bonds. The van der Waals surface area contributed by atoms with Gasteiger partial charge in [-0.2, -0.15) is 0 Å². The Balaban J connectivity index is 1.77. The van der Waals surface area contributed by atoms with Crippen molar-refractivity contribution in [2.75, 3.05) is 33.3 Å². The zero-order valence-corrected chi connectivity index (χ0v) is 14.8. The number of amides is 1. The maximum absolute atomic E-state index is 12.8. The highest BCUT2D eigenvalue weighted by molar-refractivity contribution is 9.10. The number of rotatable bonds is 2. The van der Waals surface area contributed by atoms with Crippen LogP contribution in [0.2, 0.25) is 0 Å². The SMILES string of the molecule is COc1c(C(=O)N2CC[C@@H]3CNC[C@@H]3CC2)sc(C)c1Br. The molecular weight excluding hydrogens is 352 g/mol. The van der Waals surface area contributed by atoms with E-state index in [1.165, 1.54) is 11.3 Å². The maximum atomic E-state index is 12.8. The third-order valence-electron chi connectivity index (χ3n) is 4.67.